The molecule has 1 aliphatic rings. The highest BCUT2D eigenvalue weighted by Crippen LogP contribution is 2.24. The molecule has 30 heavy (non-hydrogen) atoms. The van der Waals surface area contributed by atoms with Crippen LogP contribution in [0.4, 0.5) is 0 Å². The summed E-state index contributed by atoms with van der Waals surface area (Å²) < 4.78 is 5.84. The van der Waals surface area contributed by atoms with Crippen LogP contribution >= 0.6 is 0 Å². The van der Waals surface area contributed by atoms with Gasteiger partial charge in [0.05, 0.1) is 18.8 Å². The van der Waals surface area contributed by atoms with Gasteiger partial charge in [0, 0.05) is 6.42 Å². The summed E-state index contributed by atoms with van der Waals surface area (Å²) in [5, 5.41) is 15.2. The number of ether oxygens (including phenoxy) is 1. The molecular formula is C21H40N4O5. The van der Waals surface area contributed by atoms with E-state index in [-0.39, 0.29) is 25.3 Å². The lowest BCUT2D eigenvalue weighted by Crippen LogP contribution is -2.57. The Hall–Kier alpha value is -1.55. The molecule has 0 spiro atoms. The number of carbonyl (C=O) groups excluding carboxylic acids is 3. The number of aliphatic hydroxyl groups excluding tert-OH is 1. The van der Waals surface area contributed by atoms with Crippen molar-refractivity contribution in [1.29, 1.82) is 0 Å². The molecule has 0 radical (unpaired) electrons. The summed E-state index contributed by atoms with van der Waals surface area (Å²) in [5.74, 6) is -0.840. The molecule has 0 heterocycles. The number of nitrogens with two attached hydrogens (primary N) is 2. The third-order valence-electron chi connectivity index (χ3n) is 5.55. The largest absolute Gasteiger partial charge is 0.391 e. The highest BCUT2D eigenvalue weighted by Gasteiger charge is 2.31. The monoisotopic (exact) mass is 428 g/mol. The molecule has 0 aromatic carbocycles. The Kier molecular flexibility index (Phi) is 12.8. The third-order valence-corrected chi connectivity index (χ3v) is 5.55. The van der Waals surface area contributed by atoms with Gasteiger partial charge in [0.1, 0.15) is 12.1 Å². The molecule has 9 heteroatoms. The summed E-state index contributed by atoms with van der Waals surface area (Å²) in [6, 6.07) is -1.95. The van der Waals surface area contributed by atoms with Crippen molar-refractivity contribution in [1.82, 2.24) is 10.6 Å². The number of amides is 2. The lowest BCUT2D eigenvalue weighted by Gasteiger charge is -2.27. The fraction of sp³-hybridized carbons (Fsp3) is 0.857. The van der Waals surface area contributed by atoms with Crippen LogP contribution in [0.1, 0.15) is 65.2 Å². The zero-order chi connectivity index (χ0) is 22.5. The van der Waals surface area contributed by atoms with Gasteiger partial charge >= 0.3 is 0 Å². The number of hydrogen-bond donors (Lipinski definition) is 5. The summed E-state index contributed by atoms with van der Waals surface area (Å²) >= 11 is 0. The van der Waals surface area contributed by atoms with Crippen LogP contribution in [-0.4, -0.2) is 66.7 Å². The molecular weight excluding hydrogens is 388 g/mol. The minimum Gasteiger partial charge on any atom is -0.391 e. The second-order valence-corrected chi connectivity index (χ2v) is 8.09. The van der Waals surface area contributed by atoms with Crippen LogP contribution in [0, 0.1) is 5.92 Å². The second-order valence-electron chi connectivity index (χ2n) is 8.09. The zero-order valence-corrected chi connectivity index (χ0v) is 18.4. The highest BCUT2D eigenvalue weighted by atomic mass is 16.5. The number of hydrogen-bond acceptors (Lipinski definition) is 7. The normalized spacial score (nSPS) is 18.8. The first-order valence-electron chi connectivity index (χ1n) is 11.2. The molecule has 1 aliphatic carbocycles. The summed E-state index contributed by atoms with van der Waals surface area (Å²) in [4.78, 5) is 37.5. The zero-order valence-electron chi connectivity index (χ0n) is 18.4. The predicted molar refractivity (Wildman–Crippen MR) is 114 cm³/mol. The van der Waals surface area contributed by atoms with E-state index in [1.807, 2.05) is 0 Å². The first-order valence-corrected chi connectivity index (χ1v) is 11.2. The maximum Gasteiger partial charge on any atom is 0.249 e. The number of carbonyl (C=O) groups is 3. The van der Waals surface area contributed by atoms with E-state index < -0.39 is 36.1 Å². The van der Waals surface area contributed by atoms with Crippen molar-refractivity contribution in [2.24, 2.45) is 17.4 Å². The van der Waals surface area contributed by atoms with Crippen molar-refractivity contribution < 1.29 is 24.2 Å². The molecule has 7 N–H and O–H groups in total. The van der Waals surface area contributed by atoms with Crippen LogP contribution in [0.15, 0.2) is 0 Å². The van der Waals surface area contributed by atoms with Crippen LogP contribution in [0.2, 0.25) is 0 Å². The Balaban J connectivity index is 2.72. The van der Waals surface area contributed by atoms with E-state index in [1.54, 1.807) is 6.92 Å². The number of ketones is 1. The Morgan fingerprint density at radius 3 is 2.20 bits per heavy atom. The topological polar surface area (TPSA) is 157 Å². The van der Waals surface area contributed by atoms with Crippen molar-refractivity contribution >= 4 is 17.6 Å². The Labute approximate surface area is 179 Å². The molecule has 1 saturated carbocycles. The summed E-state index contributed by atoms with van der Waals surface area (Å²) in [5.41, 5.74) is 11.2. The molecule has 0 aliphatic heterocycles. The van der Waals surface area contributed by atoms with E-state index in [0.29, 0.717) is 25.4 Å². The average Bonchev–Trinajstić information content (AvgIpc) is 2.74. The van der Waals surface area contributed by atoms with Crippen molar-refractivity contribution in [2.45, 2.75) is 89.5 Å². The summed E-state index contributed by atoms with van der Waals surface area (Å²) in [6.07, 6.45) is 4.68. The molecule has 9 nitrogen and oxygen atoms in total. The average molecular weight is 429 g/mol. The lowest BCUT2D eigenvalue weighted by atomic mass is 9.90. The van der Waals surface area contributed by atoms with E-state index >= 15 is 0 Å². The number of nitrogens with one attached hydrogen (secondary N) is 2. The minimum atomic E-state index is -1.21. The molecule has 0 aromatic rings. The van der Waals surface area contributed by atoms with Crippen LogP contribution in [-0.2, 0) is 19.1 Å². The van der Waals surface area contributed by atoms with Gasteiger partial charge in [0.15, 0.2) is 5.78 Å². The van der Waals surface area contributed by atoms with Crippen molar-refractivity contribution in [3.05, 3.63) is 0 Å². The molecule has 174 valence electrons. The molecule has 0 aromatic heterocycles. The van der Waals surface area contributed by atoms with E-state index in [0.717, 1.165) is 12.8 Å². The first-order chi connectivity index (χ1) is 14.3. The van der Waals surface area contributed by atoms with Gasteiger partial charge in [-0.2, -0.15) is 0 Å². The van der Waals surface area contributed by atoms with Gasteiger partial charge in [-0.1, -0.05) is 26.2 Å². The fourth-order valence-electron chi connectivity index (χ4n) is 3.69. The molecule has 0 saturated heterocycles. The number of aliphatic hydroxyl groups is 1. The molecule has 2 amide bonds. The summed E-state index contributed by atoms with van der Waals surface area (Å²) in [7, 11) is 0. The Morgan fingerprint density at radius 2 is 1.67 bits per heavy atom. The Morgan fingerprint density at radius 1 is 1.03 bits per heavy atom. The number of Topliss-reactive ketones (excluding diaryl/α,β-unsaturated/α-hetero) is 1. The van der Waals surface area contributed by atoms with Gasteiger partial charge in [-0.3, -0.25) is 14.4 Å². The maximum absolute atomic E-state index is 12.8. The van der Waals surface area contributed by atoms with Crippen LogP contribution in [0.5, 0.6) is 0 Å². The molecule has 1 rings (SSSR count). The molecule has 4 atom stereocenters. The van der Waals surface area contributed by atoms with Gasteiger partial charge in [0.2, 0.25) is 11.8 Å². The first kappa shape index (κ1) is 26.5. The predicted octanol–water partition coefficient (Wildman–Crippen LogP) is -0.0210. The third kappa shape index (κ3) is 9.07. The van der Waals surface area contributed by atoms with E-state index in [1.165, 1.54) is 26.2 Å². The van der Waals surface area contributed by atoms with Crippen molar-refractivity contribution in [3.8, 4) is 0 Å². The van der Waals surface area contributed by atoms with Crippen LogP contribution in [0.25, 0.3) is 0 Å². The van der Waals surface area contributed by atoms with Gasteiger partial charge in [-0.05, 0) is 51.6 Å². The van der Waals surface area contributed by atoms with Gasteiger partial charge in [-0.15, -0.1) is 0 Å². The molecule has 0 bridgehead atoms. The minimum absolute atomic E-state index is 0.152. The number of rotatable bonds is 14. The smallest absolute Gasteiger partial charge is 0.249 e. The molecule has 1 unspecified atom stereocenters. The van der Waals surface area contributed by atoms with E-state index in [2.05, 4.69) is 10.6 Å². The lowest BCUT2D eigenvalue weighted by molar-refractivity contribution is -0.140. The van der Waals surface area contributed by atoms with Crippen LogP contribution in [0.3, 0.4) is 0 Å². The maximum atomic E-state index is 12.8. The Bertz CT molecular complexity index is 537. The second kappa shape index (κ2) is 14.5. The quantitative estimate of drug-likeness (QED) is 0.260. The van der Waals surface area contributed by atoms with Gasteiger partial charge in [0.25, 0.3) is 0 Å². The van der Waals surface area contributed by atoms with Crippen LogP contribution < -0.4 is 22.1 Å². The SMILES string of the molecule is CCC(=O)[C@H](CCN)NC(=O)[C@@H](NC(=O)[C@H](CCN)OCC1CCCCC1)C(C)O. The van der Waals surface area contributed by atoms with Gasteiger partial charge in [-0.25, -0.2) is 0 Å². The van der Waals surface area contributed by atoms with Crippen molar-refractivity contribution in [3.63, 3.8) is 0 Å². The standard InChI is InChI=1S/C21H40N4O5/c1-3-17(27)16(9-11-22)24-21(29)19(14(2)26)25-20(28)18(10-12-23)30-13-15-7-5-4-6-8-15/h14-16,18-19,26H,3-13,22-23H2,1-2H3,(H,24,29)(H,25,28)/t14?,16-,18-,19-/m0/s1. The van der Waals surface area contributed by atoms with Crippen molar-refractivity contribution in [2.75, 3.05) is 19.7 Å². The highest BCUT2D eigenvalue weighted by molar-refractivity contribution is 5.93. The fourth-order valence-corrected chi connectivity index (χ4v) is 3.69. The molecule has 1 fully saturated rings. The van der Waals surface area contributed by atoms with Gasteiger partial charge < -0.3 is 31.9 Å². The van der Waals surface area contributed by atoms with E-state index in [4.69, 9.17) is 16.2 Å². The van der Waals surface area contributed by atoms with E-state index in [9.17, 15) is 19.5 Å². The summed E-state index contributed by atoms with van der Waals surface area (Å²) in [6.45, 7) is 4.08.